The van der Waals surface area contributed by atoms with Crippen LogP contribution in [0.5, 0.6) is 5.75 Å². The van der Waals surface area contributed by atoms with Gasteiger partial charge in [-0.2, -0.15) is 4.31 Å². The van der Waals surface area contributed by atoms with E-state index in [0.29, 0.717) is 35.9 Å². The molecule has 0 spiro atoms. The van der Waals surface area contributed by atoms with Gasteiger partial charge in [-0.1, -0.05) is 5.16 Å². The number of ether oxygens (including phenoxy) is 1. The normalized spacial score (nSPS) is 14.4. The van der Waals surface area contributed by atoms with Crippen molar-refractivity contribution in [3.8, 4) is 11.6 Å². The van der Waals surface area contributed by atoms with Gasteiger partial charge in [0.05, 0.1) is 9.82 Å². The van der Waals surface area contributed by atoms with Crippen molar-refractivity contribution in [1.29, 1.82) is 0 Å². The Balaban J connectivity index is 1.56. The Labute approximate surface area is 196 Å². The maximum Gasteiger partial charge on any atom is 0.312 e. The number of nitro benzene ring substituents is 1. The van der Waals surface area contributed by atoms with Crippen molar-refractivity contribution < 1.29 is 27.4 Å². The Hall–Kier alpha value is -3.51. The molecule has 1 saturated heterocycles. The first-order chi connectivity index (χ1) is 16.1. The van der Waals surface area contributed by atoms with Crippen LogP contribution in [0.3, 0.4) is 0 Å². The Bertz CT molecular complexity index is 1370. The van der Waals surface area contributed by atoms with Crippen LogP contribution in [-0.4, -0.2) is 52.8 Å². The molecule has 1 aliphatic heterocycles. The lowest BCUT2D eigenvalue weighted by atomic mass is 10.1. The van der Waals surface area contributed by atoms with Crippen LogP contribution in [0.4, 0.5) is 5.69 Å². The SMILES string of the molecule is Cc1cc(-n2c(C)cc(C(=O)COc3ccc(S(=O)(=O)N4CCCC4)cc3[N+](=O)[O-])c2C)no1. The third-order valence-electron chi connectivity index (χ3n) is 5.76. The van der Waals surface area contributed by atoms with Gasteiger partial charge in [0.1, 0.15) is 5.76 Å². The number of carbonyl (C=O) groups is 1. The second kappa shape index (κ2) is 9.03. The van der Waals surface area contributed by atoms with E-state index in [1.807, 2.05) is 6.92 Å². The van der Waals surface area contributed by atoms with Crippen LogP contribution in [0.1, 0.15) is 40.3 Å². The van der Waals surface area contributed by atoms with Gasteiger partial charge in [-0.15, -0.1) is 0 Å². The highest BCUT2D eigenvalue weighted by Crippen LogP contribution is 2.32. The lowest BCUT2D eigenvalue weighted by Gasteiger charge is -2.15. The van der Waals surface area contributed by atoms with Gasteiger partial charge in [-0.3, -0.25) is 19.5 Å². The van der Waals surface area contributed by atoms with Crippen LogP contribution in [0, 0.1) is 30.9 Å². The highest BCUT2D eigenvalue weighted by Gasteiger charge is 2.30. The fourth-order valence-corrected chi connectivity index (χ4v) is 5.61. The maximum absolute atomic E-state index is 12.9. The molecule has 0 radical (unpaired) electrons. The predicted octanol–water partition coefficient (Wildman–Crippen LogP) is 3.34. The largest absolute Gasteiger partial charge is 0.478 e. The smallest absolute Gasteiger partial charge is 0.312 e. The Morgan fingerprint density at radius 2 is 1.88 bits per heavy atom. The van der Waals surface area contributed by atoms with E-state index in [1.165, 1.54) is 16.4 Å². The lowest BCUT2D eigenvalue weighted by Crippen LogP contribution is -2.27. The van der Waals surface area contributed by atoms with Gasteiger partial charge in [-0.25, -0.2) is 8.42 Å². The summed E-state index contributed by atoms with van der Waals surface area (Å²) in [6.07, 6.45) is 1.50. The zero-order valence-corrected chi connectivity index (χ0v) is 19.8. The monoisotopic (exact) mass is 488 g/mol. The molecule has 3 aromatic rings. The van der Waals surface area contributed by atoms with Crippen molar-refractivity contribution in [2.45, 2.75) is 38.5 Å². The minimum absolute atomic E-state index is 0.175. The number of sulfonamides is 1. The summed E-state index contributed by atoms with van der Waals surface area (Å²) in [5, 5.41) is 15.6. The first-order valence-electron chi connectivity index (χ1n) is 10.7. The van der Waals surface area contributed by atoms with Crippen LogP contribution < -0.4 is 4.74 Å². The number of rotatable bonds is 8. The standard InChI is InChI=1S/C22H24N4O7S/c1-14-10-18(16(3)25(14)22-11-15(2)33-23-22)20(27)13-32-21-7-6-17(12-19(21)26(28)29)34(30,31)24-8-4-5-9-24/h6-7,10-12H,4-5,8-9,13H2,1-3H3. The number of ketones is 1. The average molecular weight is 489 g/mol. The van der Waals surface area contributed by atoms with Gasteiger partial charge >= 0.3 is 5.69 Å². The van der Waals surface area contributed by atoms with Crippen LogP contribution in [0.15, 0.2) is 39.8 Å². The van der Waals surface area contributed by atoms with Crippen LogP contribution >= 0.6 is 0 Å². The fraction of sp³-hybridized carbons (Fsp3) is 0.364. The number of Topliss-reactive ketones (excluding diaryl/α,β-unsaturated/α-hetero) is 1. The number of aromatic nitrogens is 2. The van der Waals surface area contributed by atoms with E-state index >= 15 is 0 Å². The summed E-state index contributed by atoms with van der Waals surface area (Å²) < 4.78 is 39.2. The number of benzene rings is 1. The highest BCUT2D eigenvalue weighted by atomic mass is 32.2. The summed E-state index contributed by atoms with van der Waals surface area (Å²) in [5.41, 5.74) is 1.25. The van der Waals surface area contributed by atoms with E-state index < -0.39 is 27.2 Å². The molecule has 0 amide bonds. The summed E-state index contributed by atoms with van der Waals surface area (Å²) in [6, 6.07) is 6.89. The van der Waals surface area contributed by atoms with E-state index in [0.717, 1.165) is 24.6 Å². The van der Waals surface area contributed by atoms with Gasteiger partial charge in [0, 0.05) is 42.2 Å². The summed E-state index contributed by atoms with van der Waals surface area (Å²) in [4.78, 5) is 23.6. The number of aryl methyl sites for hydroxylation is 2. The van der Waals surface area contributed by atoms with E-state index in [-0.39, 0.29) is 16.4 Å². The summed E-state index contributed by atoms with van der Waals surface area (Å²) in [7, 11) is -3.83. The molecule has 0 saturated carbocycles. The molecule has 0 atom stereocenters. The second-order valence-electron chi connectivity index (χ2n) is 8.13. The van der Waals surface area contributed by atoms with Crippen molar-refractivity contribution >= 4 is 21.5 Å². The first-order valence-corrected chi connectivity index (χ1v) is 12.1. The van der Waals surface area contributed by atoms with Gasteiger partial charge < -0.3 is 9.26 Å². The zero-order valence-electron chi connectivity index (χ0n) is 19.0. The molecular formula is C22H24N4O7S. The van der Waals surface area contributed by atoms with Crippen molar-refractivity contribution in [3.63, 3.8) is 0 Å². The lowest BCUT2D eigenvalue weighted by molar-refractivity contribution is -0.386. The third-order valence-corrected chi connectivity index (χ3v) is 7.66. The van der Waals surface area contributed by atoms with E-state index in [1.54, 1.807) is 30.5 Å². The molecule has 0 aliphatic carbocycles. The van der Waals surface area contributed by atoms with Crippen LogP contribution in [-0.2, 0) is 10.0 Å². The molecular weight excluding hydrogens is 464 g/mol. The number of hydrogen-bond donors (Lipinski definition) is 0. The van der Waals surface area contributed by atoms with E-state index in [9.17, 15) is 23.3 Å². The minimum Gasteiger partial charge on any atom is -0.478 e. The fourth-order valence-electron chi connectivity index (χ4n) is 4.08. The number of nitrogens with zero attached hydrogens (tertiary/aromatic N) is 4. The first kappa shape index (κ1) is 23.6. The summed E-state index contributed by atoms with van der Waals surface area (Å²) in [6.45, 7) is 5.65. The molecule has 12 heteroatoms. The zero-order chi connectivity index (χ0) is 24.6. The molecule has 0 bridgehead atoms. The molecule has 1 aromatic carbocycles. The Morgan fingerprint density at radius 1 is 1.18 bits per heavy atom. The molecule has 1 aliphatic rings. The molecule has 2 aromatic heterocycles. The van der Waals surface area contributed by atoms with E-state index in [4.69, 9.17) is 9.26 Å². The van der Waals surface area contributed by atoms with Crippen LogP contribution in [0.25, 0.3) is 5.82 Å². The third kappa shape index (κ3) is 4.33. The topological polar surface area (TPSA) is 138 Å². The average Bonchev–Trinajstić information content (AvgIpc) is 3.53. The van der Waals surface area contributed by atoms with E-state index in [2.05, 4.69) is 5.16 Å². The number of nitro groups is 1. The van der Waals surface area contributed by atoms with Crippen molar-refractivity contribution in [3.05, 3.63) is 63.2 Å². The molecule has 1 fully saturated rings. The maximum atomic E-state index is 12.9. The molecule has 0 N–H and O–H groups in total. The van der Waals surface area contributed by atoms with Crippen molar-refractivity contribution in [2.75, 3.05) is 19.7 Å². The summed E-state index contributed by atoms with van der Waals surface area (Å²) >= 11 is 0. The molecule has 11 nitrogen and oxygen atoms in total. The molecule has 34 heavy (non-hydrogen) atoms. The summed E-state index contributed by atoms with van der Waals surface area (Å²) in [5.74, 6) is 0.599. The minimum atomic E-state index is -3.83. The number of hydrogen-bond acceptors (Lipinski definition) is 8. The molecule has 3 heterocycles. The van der Waals surface area contributed by atoms with Gasteiger partial charge in [0.2, 0.25) is 15.8 Å². The van der Waals surface area contributed by atoms with Gasteiger partial charge in [0.15, 0.2) is 18.2 Å². The molecule has 180 valence electrons. The molecule has 4 rings (SSSR count). The second-order valence-corrected chi connectivity index (χ2v) is 10.1. The van der Waals surface area contributed by atoms with Crippen LogP contribution in [0.2, 0.25) is 0 Å². The quantitative estimate of drug-likeness (QED) is 0.267. The van der Waals surface area contributed by atoms with Crippen molar-refractivity contribution in [1.82, 2.24) is 14.0 Å². The van der Waals surface area contributed by atoms with Crippen molar-refractivity contribution in [2.24, 2.45) is 0 Å². The van der Waals surface area contributed by atoms with Gasteiger partial charge in [-0.05, 0) is 51.8 Å². The van der Waals surface area contributed by atoms with Gasteiger partial charge in [0.25, 0.3) is 0 Å². The number of carbonyl (C=O) groups excluding carboxylic acids is 1. The predicted molar refractivity (Wildman–Crippen MR) is 121 cm³/mol. The molecule has 0 unspecified atom stereocenters. The Morgan fingerprint density at radius 3 is 2.50 bits per heavy atom. The Kier molecular flexibility index (Phi) is 6.28. The highest BCUT2D eigenvalue weighted by molar-refractivity contribution is 7.89.